The molecule has 0 bridgehead atoms. The molecule has 0 spiro atoms. The van der Waals surface area contributed by atoms with Crippen molar-refractivity contribution in [1.29, 1.82) is 0 Å². The van der Waals surface area contributed by atoms with Crippen LogP contribution in [0.1, 0.15) is 10.4 Å². The van der Waals surface area contributed by atoms with Gasteiger partial charge in [0.25, 0.3) is 15.9 Å². The van der Waals surface area contributed by atoms with Crippen molar-refractivity contribution in [1.82, 2.24) is 5.32 Å². The van der Waals surface area contributed by atoms with E-state index in [4.69, 9.17) is 0 Å². The third-order valence-electron chi connectivity index (χ3n) is 2.91. The van der Waals surface area contributed by atoms with Gasteiger partial charge in [-0.05, 0) is 42.5 Å². The van der Waals surface area contributed by atoms with Crippen LogP contribution in [-0.4, -0.2) is 20.9 Å². The molecule has 0 unspecified atom stereocenters. The van der Waals surface area contributed by atoms with Crippen LogP contribution in [0.4, 0.5) is 10.1 Å². The van der Waals surface area contributed by atoms with Gasteiger partial charge in [-0.2, -0.15) is 0 Å². The molecule has 0 atom stereocenters. The summed E-state index contributed by atoms with van der Waals surface area (Å²) in [5.74, 6) is -0.869. The molecule has 0 radical (unpaired) electrons. The van der Waals surface area contributed by atoms with E-state index in [2.05, 4.69) is 16.6 Å². The van der Waals surface area contributed by atoms with Gasteiger partial charge in [-0.15, -0.1) is 6.58 Å². The lowest BCUT2D eigenvalue weighted by Gasteiger charge is -2.09. The van der Waals surface area contributed by atoms with Crippen molar-refractivity contribution >= 4 is 21.6 Å². The average molecular weight is 334 g/mol. The zero-order chi connectivity index (χ0) is 16.9. The number of halogens is 1. The van der Waals surface area contributed by atoms with Crippen LogP contribution in [-0.2, 0) is 10.0 Å². The highest BCUT2D eigenvalue weighted by Crippen LogP contribution is 2.17. The molecule has 23 heavy (non-hydrogen) atoms. The molecule has 0 heterocycles. The molecule has 2 N–H and O–H groups in total. The first-order chi connectivity index (χ1) is 10.9. The number of amides is 1. The Bertz CT molecular complexity index is 817. The smallest absolute Gasteiger partial charge is 0.261 e. The second-order valence-corrected chi connectivity index (χ2v) is 6.32. The molecule has 7 heteroatoms. The number of carbonyl (C=O) groups excluding carboxylic acids is 1. The monoisotopic (exact) mass is 334 g/mol. The molecule has 0 aliphatic carbocycles. The van der Waals surface area contributed by atoms with E-state index in [9.17, 15) is 17.6 Å². The van der Waals surface area contributed by atoms with Crippen LogP contribution in [0.5, 0.6) is 0 Å². The van der Waals surface area contributed by atoms with Gasteiger partial charge in [0.1, 0.15) is 5.82 Å². The van der Waals surface area contributed by atoms with E-state index >= 15 is 0 Å². The molecule has 0 saturated carbocycles. The predicted molar refractivity (Wildman–Crippen MR) is 86.2 cm³/mol. The summed E-state index contributed by atoms with van der Waals surface area (Å²) in [5, 5.41) is 2.59. The topological polar surface area (TPSA) is 75.3 Å². The summed E-state index contributed by atoms with van der Waals surface area (Å²) in [5.41, 5.74) is 0.453. The Balaban J connectivity index is 2.17. The number of carbonyl (C=O) groups is 1. The number of hydrogen-bond donors (Lipinski definition) is 2. The first kappa shape index (κ1) is 16.7. The Morgan fingerprint density at radius 1 is 1.17 bits per heavy atom. The van der Waals surface area contributed by atoms with Crippen molar-refractivity contribution in [3.63, 3.8) is 0 Å². The highest BCUT2D eigenvalue weighted by atomic mass is 32.2. The molecule has 2 aromatic carbocycles. The Kier molecular flexibility index (Phi) is 5.13. The maximum absolute atomic E-state index is 13.1. The zero-order valence-electron chi connectivity index (χ0n) is 12.1. The minimum atomic E-state index is -3.85. The van der Waals surface area contributed by atoms with Crippen LogP contribution < -0.4 is 10.0 Å². The SMILES string of the molecule is C=CCNC(=O)c1ccc(S(=O)(=O)Nc2cccc(F)c2)cc1. The van der Waals surface area contributed by atoms with E-state index in [0.29, 0.717) is 12.1 Å². The van der Waals surface area contributed by atoms with E-state index in [1.807, 2.05) is 0 Å². The Hall–Kier alpha value is -2.67. The molecule has 120 valence electrons. The van der Waals surface area contributed by atoms with Crippen LogP contribution in [0, 0.1) is 5.82 Å². The standard InChI is InChI=1S/C16H15FN2O3S/c1-2-10-18-16(20)12-6-8-15(9-7-12)23(21,22)19-14-5-3-4-13(17)11-14/h2-9,11,19H,1,10H2,(H,18,20). The zero-order valence-corrected chi connectivity index (χ0v) is 12.9. The number of benzene rings is 2. The molecule has 1 amide bonds. The summed E-state index contributed by atoms with van der Waals surface area (Å²) < 4.78 is 39.8. The maximum Gasteiger partial charge on any atom is 0.261 e. The molecule has 0 saturated heterocycles. The number of rotatable bonds is 6. The van der Waals surface area contributed by atoms with Crippen molar-refractivity contribution in [3.8, 4) is 0 Å². The Morgan fingerprint density at radius 3 is 2.48 bits per heavy atom. The Labute approximate surface area is 133 Å². The van der Waals surface area contributed by atoms with Gasteiger partial charge < -0.3 is 5.32 Å². The van der Waals surface area contributed by atoms with Gasteiger partial charge in [0.2, 0.25) is 0 Å². The molecule has 0 aromatic heterocycles. The van der Waals surface area contributed by atoms with Gasteiger partial charge in [0.05, 0.1) is 10.6 Å². The highest BCUT2D eigenvalue weighted by Gasteiger charge is 2.15. The molecule has 5 nitrogen and oxygen atoms in total. The van der Waals surface area contributed by atoms with Crippen molar-refractivity contribution in [2.75, 3.05) is 11.3 Å². The summed E-state index contributed by atoms with van der Waals surface area (Å²) in [6, 6.07) is 10.6. The van der Waals surface area contributed by atoms with Crippen molar-refractivity contribution < 1.29 is 17.6 Å². The van der Waals surface area contributed by atoms with Gasteiger partial charge in [0.15, 0.2) is 0 Å². The summed E-state index contributed by atoms with van der Waals surface area (Å²) in [7, 11) is -3.85. The second-order valence-electron chi connectivity index (χ2n) is 4.64. The fourth-order valence-corrected chi connectivity index (χ4v) is 2.87. The molecular formula is C16H15FN2O3S. The third kappa shape index (κ3) is 4.40. The summed E-state index contributed by atoms with van der Waals surface area (Å²) >= 11 is 0. The lowest BCUT2D eigenvalue weighted by atomic mass is 10.2. The van der Waals surface area contributed by atoms with Crippen LogP contribution in [0.25, 0.3) is 0 Å². The summed E-state index contributed by atoms with van der Waals surface area (Å²) in [4.78, 5) is 11.7. The molecule has 0 fully saturated rings. The molecule has 0 aliphatic rings. The van der Waals surface area contributed by atoms with Crippen LogP contribution in [0.15, 0.2) is 66.1 Å². The van der Waals surface area contributed by atoms with Gasteiger partial charge in [-0.1, -0.05) is 12.1 Å². The van der Waals surface area contributed by atoms with E-state index in [-0.39, 0.29) is 16.5 Å². The second kappa shape index (κ2) is 7.06. The number of nitrogens with one attached hydrogen (secondary N) is 2. The van der Waals surface area contributed by atoms with Crippen molar-refractivity contribution in [3.05, 3.63) is 72.6 Å². The number of sulfonamides is 1. The Morgan fingerprint density at radius 2 is 1.87 bits per heavy atom. The third-order valence-corrected chi connectivity index (χ3v) is 4.31. The van der Waals surface area contributed by atoms with E-state index in [1.54, 1.807) is 6.08 Å². The molecule has 2 aromatic rings. The van der Waals surface area contributed by atoms with E-state index in [0.717, 1.165) is 6.07 Å². The van der Waals surface area contributed by atoms with E-state index in [1.165, 1.54) is 42.5 Å². The van der Waals surface area contributed by atoms with Crippen LogP contribution >= 0.6 is 0 Å². The summed E-state index contributed by atoms with van der Waals surface area (Å²) in [6.07, 6.45) is 1.54. The summed E-state index contributed by atoms with van der Waals surface area (Å²) in [6.45, 7) is 3.81. The lowest BCUT2D eigenvalue weighted by Crippen LogP contribution is -2.23. The van der Waals surface area contributed by atoms with Gasteiger partial charge >= 0.3 is 0 Å². The minimum Gasteiger partial charge on any atom is -0.349 e. The fourth-order valence-electron chi connectivity index (χ4n) is 1.82. The van der Waals surface area contributed by atoms with Crippen molar-refractivity contribution in [2.24, 2.45) is 0 Å². The normalized spacial score (nSPS) is 10.8. The van der Waals surface area contributed by atoms with Crippen LogP contribution in [0.2, 0.25) is 0 Å². The first-order valence-corrected chi connectivity index (χ1v) is 8.18. The molecule has 0 aliphatic heterocycles. The molecule has 2 rings (SSSR count). The van der Waals surface area contributed by atoms with Gasteiger partial charge in [-0.25, -0.2) is 12.8 Å². The number of hydrogen-bond acceptors (Lipinski definition) is 3. The predicted octanol–water partition coefficient (Wildman–Crippen LogP) is 2.54. The van der Waals surface area contributed by atoms with Crippen molar-refractivity contribution in [2.45, 2.75) is 4.90 Å². The van der Waals surface area contributed by atoms with E-state index < -0.39 is 15.8 Å². The van der Waals surface area contributed by atoms with Gasteiger partial charge in [0, 0.05) is 12.1 Å². The van der Waals surface area contributed by atoms with Gasteiger partial charge in [-0.3, -0.25) is 9.52 Å². The minimum absolute atomic E-state index is 0.0259. The molecular weight excluding hydrogens is 319 g/mol. The van der Waals surface area contributed by atoms with Crippen LogP contribution in [0.3, 0.4) is 0 Å². The first-order valence-electron chi connectivity index (χ1n) is 6.70. The largest absolute Gasteiger partial charge is 0.349 e. The average Bonchev–Trinajstić information content (AvgIpc) is 2.52. The fraction of sp³-hybridized carbons (Fsp3) is 0.0625. The quantitative estimate of drug-likeness (QED) is 0.797. The maximum atomic E-state index is 13.1. The lowest BCUT2D eigenvalue weighted by molar-refractivity contribution is 0.0958. The highest BCUT2D eigenvalue weighted by molar-refractivity contribution is 7.92. The number of anilines is 1.